The molecule has 0 rings (SSSR count). The zero-order chi connectivity index (χ0) is 10.1. The molecule has 3 nitrogen and oxygen atoms in total. The maximum atomic E-state index is 11.4. The van der Waals surface area contributed by atoms with Crippen LogP contribution in [0.15, 0.2) is 0 Å². The molecule has 2 N–H and O–H groups in total. The van der Waals surface area contributed by atoms with E-state index in [2.05, 4.69) is 12.2 Å². The van der Waals surface area contributed by atoms with E-state index in [1.54, 1.807) is 0 Å². The Hall–Kier alpha value is -0.570. The summed E-state index contributed by atoms with van der Waals surface area (Å²) < 4.78 is 0. The third-order valence-corrected chi connectivity index (χ3v) is 2.18. The lowest BCUT2D eigenvalue weighted by Crippen LogP contribution is -2.32. The second-order valence-electron chi connectivity index (χ2n) is 3.26. The predicted octanol–water partition coefficient (Wildman–Crippen LogP) is 1.31. The van der Waals surface area contributed by atoms with E-state index in [9.17, 15) is 4.79 Å². The molecule has 0 spiro atoms. The third kappa shape index (κ3) is 5.64. The fourth-order valence-corrected chi connectivity index (χ4v) is 1.29. The highest BCUT2D eigenvalue weighted by Crippen LogP contribution is 2.12. The molecule has 0 heterocycles. The van der Waals surface area contributed by atoms with Crippen LogP contribution in [-0.2, 0) is 4.79 Å². The standard InChI is InChI=1S/C10H21NO2/c1-3-5-6-9(4-2)10(13)11-7-8-12/h9,12H,3-8H2,1-2H3,(H,11,13)/t9-/m0/s1. The fourth-order valence-electron chi connectivity index (χ4n) is 1.29. The van der Waals surface area contributed by atoms with Gasteiger partial charge in [-0.1, -0.05) is 26.7 Å². The molecule has 0 aromatic carbocycles. The summed E-state index contributed by atoms with van der Waals surface area (Å²) in [7, 11) is 0. The van der Waals surface area contributed by atoms with Crippen molar-refractivity contribution in [1.82, 2.24) is 5.32 Å². The Morgan fingerprint density at radius 2 is 2.15 bits per heavy atom. The topological polar surface area (TPSA) is 49.3 Å². The van der Waals surface area contributed by atoms with Gasteiger partial charge in [0.1, 0.15) is 0 Å². The van der Waals surface area contributed by atoms with E-state index in [-0.39, 0.29) is 18.4 Å². The summed E-state index contributed by atoms with van der Waals surface area (Å²) in [5.74, 6) is 0.219. The molecule has 0 unspecified atom stereocenters. The van der Waals surface area contributed by atoms with Crippen LogP contribution in [-0.4, -0.2) is 24.2 Å². The Morgan fingerprint density at radius 1 is 1.46 bits per heavy atom. The van der Waals surface area contributed by atoms with Gasteiger partial charge in [-0.2, -0.15) is 0 Å². The molecule has 0 saturated heterocycles. The number of aliphatic hydroxyl groups is 1. The monoisotopic (exact) mass is 187 g/mol. The molecule has 0 bridgehead atoms. The van der Waals surface area contributed by atoms with Crippen LogP contribution in [0.5, 0.6) is 0 Å². The first-order chi connectivity index (χ1) is 6.26. The van der Waals surface area contributed by atoms with Gasteiger partial charge >= 0.3 is 0 Å². The molecule has 3 heteroatoms. The molecule has 0 aliphatic carbocycles. The van der Waals surface area contributed by atoms with Crippen LogP contribution >= 0.6 is 0 Å². The Kier molecular flexibility index (Phi) is 7.69. The molecule has 0 fully saturated rings. The summed E-state index contributed by atoms with van der Waals surface area (Å²) in [4.78, 5) is 11.4. The molecular formula is C10H21NO2. The molecule has 13 heavy (non-hydrogen) atoms. The lowest BCUT2D eigenvalue weighted by atomic mass is 9.98. The number of hydrogen-bond acceptors (Lipinski definition) is 2. The van der Waals surface area contributed by atoms with E-state index >= 15 is 0 Å². The number of rotatable bonds is 7. The van der Waals surface area contributed by atoms with Crippen molar-refractivity contribution >= 4 is 5.91 Å². The van der Waals surface area contributed by atoms with Crippen LogP contribution in [0.25, 0.3) is 0 Å². The quantitative estimate of drug-likeness (QED) is 0.631. The summed E-state index contributed by atoms with van der Waals surface area (Å²) >= 11 is 0. The van der Waals surface area contributed by atoms with Gasteiger partial charge in [0, 0.05) is 12.5 Å². The molecule has 78 valence electrons. The van der Waals surface area contributed by atoms with Crippen molar-refractivity contribution in [3.63, 3.8) is 0 Å². The Morgan fingerprint density at radius 3 is 2.62 bits per heavy atom. The maximum Gasteiger partial charge on any atom is 0.223 e. The molecular weight excluding hydrogens is 166 g/mol. The van der Waals surface area contributed by atoms with Gasteiger partial charge in [0.15, 0.2) is 0 Å². The van der Waals surface area contributed by atoms with Crippen molar-refractivity contribution < 1.29 is 9.90 Å². The largest absolute Gasteiger partial charge is 0.395 e. The van der Waals surface area contributed by atoms with Gasteiger partial charge in [-0.25, -0.2) is 0 Å². The van der Waals surface area contributed by atoms with Crippen molar-refractivity contribution in [3.05, 3.63) is 0 Å². The summed E-state index contributed by atoms with van der Waals surface area (Å²) in [6.45, 7) is 4.55. The van der Waals surface area contributed by atoms with Crippen molar-refractivity contribution in [3.8, 4) is 0 Å². The van der Waals surface area contributed by atoms with Gasteiger partial charge < -0.3 is 10.4 Å². The van der Waals surface area contributed by atoms with Crippen LogP contribution in [0.1, 0.15) is 39.5 Å². The highest BCUT2D eigenvalue weighted by atomic mass is 16.3. The minimum Gasteiger partial charge on any atom is -0.395 e. The number of nitrogens with one attached hydrogen (secondary N) is 1. The number of aliphatic hydroxyl groups excluding tert-OH is 1. The SMILES string of the molecule is CCCC[C@H](CC)C(=O)NCCO. The van der Waals surface area contributed by atoms with Crippen molar-refractivity contribution in [2.24, 2.45) is 5.92 Å². The first-order valence-electron chi connectivity index (χ1n) is 5.14. The van der Waals surface area contributed by atoms with Gasteiger partial charge in [0.2, 0.25) is 5.91 Å². The summed E-state index contributed by atoms with van der Waals surface area (Å²) in [5.41, 5.74) is 0. The molecule has 0 aromatic heterocycles. The number of amides is 1. The maximum absolute atomic E-state index is 11.4. The van der Waals surface area contributed by atoms with Crippen molar-refractivity contribution in [2.75, 3.05) is 13.2 Å². The first kappa shape index (κ1) is 12.4. The van der Waals surface area contributed by atoms with Crippen LogP contribution in [0.3, 0.4) is 0 Å². The van der Waals surface area contributed by atoms with Crippen LogP contribution in [0, 0.1) is 5.92 Å². The Balaban J connectivity index is 3.71. The van der Waals surface area contributed by atoms with E-state index in [0.29, 0.717) is 6.54 Å². The van der Waals surface area contributed by atoms with Gasteiger partial charge in [-0.15, -0.1) is 0 Å². The zero-order valence-corrected chi connectivity index (χ0v) is 8.68. The normalized spacial score (nSPS) is 12.5. The van der Waals surface area contributed by atoms with Gasteiger partial charge in [0.05, 0.1) is 6.61 Å². The van der Waals surface area contributed by atoms with E-state index in [0.717, 1.165) is 25.7 Å². The molecule has 0 saturated carbocycles. The number of carbonyl (C=O) groups is 1. The minimum atomic E-state index is 0.0238. The molecule has 0 aliphatic heterocycles. The smallest absolute Gasteiger partial charge is 0.223 e. The fraction of sp³-hybridized carbons (Fsp3) is 0.900. The van der Waals surface area contributed by atoms with Gasteiger partial charge in [-0.05, 0) is 12.8 Å². The molecule has 0 aromatic rings. The first-order valence-corrected chi connectivity index (χ1v) is 5.14. The Labute approximate surface area is 80.5 Å². The van der Waals surface area contributed by atoms with E-state index in [4.69, 9.17) is 5.11 Å². The number of hydrogen-bond donors (Lipinski definition) is 2. The predicted molar refractivity (Wildman–Crippen MR) is 53.4 cm³/mol. The zero-order valence-electron chi connectivity index (χ0n) is 8.68. The van der Waals surface area contributed by atoms with Crippen LogP contribution in [0.2, 0.25) is 0 Å². The number of unbranched alkanes of at least 4 members (excludes halogenated alkanes) is 1. The van der Waals surface area contributed by atoms with Crippen molar-refractivity contribution in [2.45, 2.75) is 39.5 Å². The molecule has 1 atom stereocenters. The average Bonchev–Trinajstić information content (AvgIpc) is 2.16. The second-order valence-corrected chi connectivity index (χ2v) is 3.26. The van der Waals surface area contributed by atoms with Gasteiger partial charge in [-0.3, -0.25) is 4.79 Å². The molecule has 1 amide bonds. The summed E-state index contributed by atoms with van der Waals surface area (Å²) in [6.07, 6.45) is 4.08. The second kappa shape index (κ2) is 8.05. The van der Waals surface area contributed by atoms with Gasteiger partial charge in [0.25, 0.3) is 0 Å². The highest BCUT2D eigenvalue weighted by molar-refractivity contribution is 5.78. The van der Waals surface area contributed by atoms with E-state index < -0.39 is 0 Å². The number of carbonyl (C=O) groups excluding carboxylic acids is 1. The van der Waals surface area contributed by atoms with Crippen LogP contribution in [0.4, 0.5) is 0 Å². The lowest BCUT2D eigenvalue weighted by molar-refractivity contribution is -0.125. The van der Waals surface area contributed by atoms with E-state index in [1.807, 2.05) is 6.92 Å². The molecule has 0 aliphatic rings. The lowest BCUT2D eigenvalue weighted by Gasteiger charge is -2.13. The molecule has 0 radical (unpaired) electrons. The van der Waals surface area contributed by atoms with Crippen LogP contribution < -0.4 is 5.32 Å². The third-order valence-electron chi connectivity index (χ3n) is 2.18. The Bertz CT molecular complexity index is 137. The summed E-state index contributed by atoms with van der Waals surface area (Å²) in [6, 6.07) is 0. The summed E-state index contributed by atoms with van der Waals surface area (Å²) in [5, 5.41) is 11.2. The highest BCUT2D eigenvalue weighted by Gasteiger charge is 2.14. The van der Waals surface area contributed by atoms with Crippen molar-refractivity contribution in [1.29, 1.82) is 0 Å². The minimum absolute atomic E-state index is 0.0238. The van der Waals surface area contributed by atoms with E-state index in [1.165, 1.54) is 0 Å². The average molecular weight is 187 g/mol.